The Morgan fingerprint density at radius 1 is 1.34 bits per heavy atom. The number of esters is 1. The van der Waals surface area contributed by atoms with Crippen LogP contribution in [-0.4, -0.2) is 81.3 Å². The summed E-state index contributed by atoms with van der Waals surface area (Å²) in [6, 6.07) is 5.29. The zero-order chi connectivity index (χ0) is 29.9. The van der Waals surface area contributed by atoms with Crippen LogP contribution in [-0.2, 0) is 14.3 Å². The zero-order valence-electron chi connectivity index (χ0n) is 23.3. The number of carbonyl (C=O) groups excluding carboxylic acids is 1. The number of nitrogen functional groups attached to an aromatic ring is 1. The highest BCUT2D eigenvalue weighted by Crippen LogP contribution is 2.43. The first kappa shape index (κ1) is 30.3. The molecule has 4 rings (SSSR count). The minimum absolute atomic E-state index is 0.0113. The second-order valence-corrected chi connectivity index (χ2v) is 10.3. The highest BCUT2D eigenvalue weighted by atomic mass is 31.1. The molecule has 3 heterocycles. The molecule has 41 heavy (non-hydrogen) atoms. The normalized spacial score (nSPS) is 23.4. The second-order valence-electron chi connectivity index (χ2n) is 9.43. The van der Waals surface area contributed by atoms with E-state index in [1.54, 1.807) is 12.1 Å². The van der Waals surface area contributed by atoms with Gasteiger partial charge in [-0.1, -0.05) is 16.9 Å². The number of alkyl halides is 1. The molecule has 6 atom stereocenters. The van der Waals surface area contributed by atoms with Gasteiger partial charge in [0.15, 0.2) is 40.7 Å². The summed E-state index contributed by atoms with van der Waals surface area (Å²) in [5, 5.41) is 10.9. The van der Waals surface area contributed by atoms with Gasteiger partial charge >= 0.3 is 14.1 Å². The van der Waals surface area contributed by atoms with Crippen molar-refractivity contribution in [1.82, 2.24) is 19.5 Å². The van der Waals surface area contributed by atoms with Crippen LogP contribution in [0.4, 0.5) is 16.2 Å². The van der Waals surface area contributed by atoms with Crippen molar-refractivity contribution in [2.24, 2.45) is 4.74 Å². The van der Waals surface area contributed by atoms with Gasteiger partial charge in [0.2, 0.25) is 11.7 Å². The fourth-order valence-corrected chi connectivity index (χ4v) is 5.21. The van der Waals surface area contributed by atoms with Gasteiger partial charge in [0, 0.05) is 13.1 Å². The van der Waals surface area contributed by atoms with Crippen LogP contribution in [0.2, 0.25) is 0 Å². The third kappa shape index (κ3) is 6.17. The smallest absolute Gasteiger partial charge is 0.395 e. The molecule has 0 aliphatic carbocycles. The first-order valence-electron chi connectivity index (χ1n) is 12.9. The topological polar surface area (TPSA) is 182 Å². The van der Waals surface area contributed by atoms with Crippen molar-refractivity contribution in [3.05, 3.63) is 30.6 Å². The number of methoxy groups -OCH3 is 1. The average Bonchev–Trinajstić information content (AvgIpc) is 3.45. The number of aliphatic hydroxyl groups excluding tert-OH is 1. The van der Waals surface area contributed by atoms with Gasteiger partial charge in [0.1, 0.15) is 18.8 Å². The fraction of sp³-hybridized carbons (Fsp3) is 0.520. The maximum Gasteiger partial charge on any atom is 0.395 e. The van der Waals surface area contributed by atoms with Crippen molar-refractivity contribution in [1.29, 1.82) is 0 Å². The maximum absolute atomic E-state index is 16.0. The molecule has 0 saturated carbocycles. The number of fused-ring (bicyclic) bond motifs is 1. The molecule has 1 aliphatic rings. The lowest BCUT2D eigenvalue weighted by molar-refractivity contribution is -0.169. The first-order chi connectivity index (χ1) is 19.5. The molecule has 1 saturated heterocycles. The van der Waals surface area contributed by atoms with E-state index >= 15 is 4.39 Å². The van der Waals surface area contributed by atoms with Crippen molar-refractivity contribution >= 4 is 37.1 Å². The van der Waals surface area contributed by atoms with Gasteiger partial charge in [-0.05, 0) is 39.8 Å². The van der Waals surface area contributed by atoms with E-state index < -0.39 is 44.3 Å². The molecule has 1 aromatic carbocycles. The molecule has 222 valence electrons. The Bertz CT molecular complexity index is 1420. The van der Waals surface area contributed by atoms with Gasteiger partial charge in [0.25, 0.3) is 0 Å². The number of hydrogen-bond donors (Lipinski definition) is 2. The number of benzene rings is 1. The Morgan fingerprint density at radius 3 is 2.68 bits per heavy atom. The van der Waals surface area contributed by atoms with Crippen LogP contribution >= 0.6 is 8.17 Å². The van der Waals surface area contributed by atoms with Gasteiger partial charge in [-0.15, -0.1) is 0 Å². The lowest BCUT2D eigenvalue weighted by Gasteiger charge is -2.25. The number of hydrogen-bond acceptors (Lipinski definition) is 13. The zero-order valence-corrected chi connectivity index (χ0v) is 24.2. The van der Waals surface area contributed by atoms with Gasteiger partial charge < -0.3 is 34.8 Å². The molecule has 3 N–H and O–H groups in total. The summed E-state index contributed by atoms with van der Waals surface area (Å²) in [4.78, 5) is 38.9. The van der Waals surface area contributed by atoms with E-state index in [2.05, 4.69) is 24.4 Å². The van der Waals surface area contributed by atoms with Crippen LogP contribution < -0.4 is 24.8 Å². The van der Waals surface area contributed by atoms with E-state index in [0.717, 1.165) is 0 Å². The van der Waals surface area contributed by atoms with Gasteiger partial charge in [0.05, 0.1) is 13.4 Å². The van der Waals surface area contributed by atoms with E-state index in [0.29, 0.717) is 24.4 Å². The Labute approximate surface area is 236 Å². The summed E-state index contributed by atoms with van der Waals surface area (Å²) < 4.78 is 42.9. The Kier molecular flexibility index (Phi) is 9.22. The lowest BCUT2D eigenvalue weighted by atomic mass is 9.98. The summed E-state index contributed by atoms with van der Waals surface area (Å²) >= 11 is 0. The van der Waals surface area contributed by atoms with E-state index in [4.69, 9.17) is 19.7 Å². The van der Waals surface area contributed by atoms with E-state index in [9.17, 15) is 14.8 Å². The number of halogens is 1. The van der Waals surface area contributed by atoms with Crippen LogP contribution in [0, 0.1) is 0 Å². The highest BCUT2D eigenvalue weighted by molar-refractivity contribution is 7.34. The van der Waals surface area contributed by atoms with Crippen molar-refractivity contribution < 1.29 is 37.9 Å². The van der Waals surface area contributed by atoms with E-state index in [1.165, 1.54) is 44.0 Å². The molecule has 14 nitrogen and oxygen atoms in total. The van der Waals surface area contributed by atoms with Crippen LogP contribution in [0.15, 0.2) is 35.3 Å². The second kappa shape index (κ2) is 12.5. The fourth-order valence-electron chi connectivity index (χ4n) is 4.47. The SMILES string of the molecule is CCN(CC)c1nc(N)nc2c1ncn2[C@@H]1O[C@H](COc2ccccc2O[P+]([O-])=N[C@@H](C)C(=O)OC)[C@@H](O)[C@@]1(C)F. The Balaban J connectivity index is 1.54. The van der Waals surface area contributed by atoms with Crippen LogP contribution in [0.1, 0.15) is 33.9 Å². The maximum atomic E-state index is 16.0. The molecular formula is C25H33FN7O7P. The molecule has 3 aromatic rings. The van der Waals surface area contributed by atoms with Crippen molar-refractivity contribution in [3.8, 4) is 11.5 Å². The standard InChI is InChI=1S/C25H33FN7O7P/c1-6-32(7-2)20-18-21(30-24(27)29-20)33(13-28-18)23-25(4,26)19(34)17(39-23)12-38-15-10-8-9-11-16(15)40-41(36)31-14(3)22(35)37-5/h8-11,13-14,17,19,23,34H,6-7,12H2,1-5H3,(H2,27,29,30)/t14-,17+,19+,23+,25+/m0/s1. The monoisotopic (exact) mass is 593 g/mol. The number of anilines is 2. The number of aromatic nitrogens is 4. The number of imidazole rings is 1. The predicted molar refractivity (Wildman–Crippen MR) is 146 cm³/mol. The molecule has 16 heteroatoms. The summed E-state index contributed by atoms with van der Waals surface area (Å²) in [7, 11) is -1.45. The minimum atomic E-state index is -2.64. The summed E-state index contributed by atoms with van der Waals surface area (Å²) in [5.74, 6) is 0.0506. The van der Waals surface area contributed by atoms with Crippen LogP contribution in [0.25, 0.3) is 11.2 Å². The van der Waals surface area contributed by atoms with Crippen molar-refractivity contribution in [2.45, 2.75) is 57.8 Å². The molecule has 0 bridgehead atoms. The molecule has 0 spiro atoms. The number of ether oxygens (including phenoxy) is 3. The summed E-state index contributed by atoms with van der Waals surface area (Å²) in [5.41, 5.74) is 4.39. The number of rotatable bonds is 11. The van der Waals surface area contributed by atoms with Crippen LogP contribution in [0.3, 0.4) is 0 Å². The molecule has 0 radical (unpaired) electrons. The van der Waals surface area contributed by atoms with Gasteiger partial charge in [-0.25, -0.2) is 14.2 Å². The third-order valence-electron chi connectivity index (χ3n) is 6.69. The number of nitrogens with two attached hydrogens (primary N) is 1. The average molecular weight is 594 g/mol. The first-order valence-corrected chi connectivity index (χ1v) is 14.1. The Morgan fingerprint density at radius 2 is 2.02 bits per heavy atom. The molecule has 1 fully saturated rings. The molecule has 2 aromatic heterocycles. The quantitative estimate of drug-likeness (QED) is 0.244. The molecule has 0 amide bonds. The molecule has 1 aliphatic heterocycles. The van der Waals surface area contributed by atoms with E-state index in [1.807, 2.05) is 18.7 Å². The van der Waals surface area contributed by atoms with Gasteiger partial charge in [-0.2, -0.15) is 9.97 Å². The summed E-state index contributed by atoms with van der Waals surface area (Å²) in [6.45, 7) is 7.57. The van der Waals surface area contributed by atoms with E-state index in [-0.39, 0.29) is 29.7 Å². The highest BCUT2D eigenvalue weighted by Gasteiger charge is 2.55. The minimum Gasteiger partial charge on any atom is -0.575 e. The summed E-state index contributed by atoms with van der Waals surface area (Å²) in [6.07, 6.45) is -2.63. The van der Waals surface area contributed by atoms with Crippen LogP contribution in [0.5, 0.6) is 11.5 Å². The predicted octanol–water partition coefficient (Wildman–Crippen LogP) is 2.12. The van der Waals surface area contributed by atoms with Crippen molar-refractivity contribution in [3.63, 3.8) is 0 Å². The third-order valence-corrected chi connectivity index (χ3v) is 7.58. The molecular weight excluding hydrogens is 560 g/mol. The molecule has 1 unspecified atom stereocenters. The number of para-hydroxylation sites is 2. The number of carbonyl (C=O) groups is 1. The van der Waals surface area contributed by atoms with Crippen molar-refractivity contribution in [2.75, 3.05) is 37.4 Å². The Hall–Kier alpha value is -3.65. The number of aliphatic hydroxyl groups is 1. The number of nitrogens with zero attached hydrogens (tertiary/aromatic N) is 6. The largest absolute Gasteiger partial charge is 0.575 e. The lowest BCUT2D eigenvalue weighted by Crippen LogP contribution is -2.41. The van der Waals surface area contributed by atoms with Gasteiger partial charge in [-0.3, -0.25) is 9.09 Å².